The number of aromatic nitrogens is 4. The van der Waals surface area contributed by atoms with Crippen LogP contribution in [0.25, 0.3) is 22.3 Å². The van der Waals surface area contributed by atoms with Crippen molar-refractivity contribution in [3.63, 3.8) is 0 Å². The number of nitrogens with zero attached hydrogens (tertiary/aromatic N) is 3. The lowest BCUT2D eigenvalue weighted by molar-refractivity contribution is 1.01. The number of hydrogen-bond acceptors (Lipinski definition) is 5. The van der Waals surface area contributed by atoms with E-state index in [1.807, 2.05) is 42.6 Å². The molecule has 1 aliphatic heterocycles. The van der Waals surface area contributed by atoms with E-state index in [4.69, 9.17) is 16.6 Å². The van der Waals surface area contributed by atoms with E-state index < -0.39 is 0 Å². The summed E-state index contributed by atoms with van der Waals surface area (Å²) in [6, 6.07) is 13.8. The highest BCUT2D eigenvalue weighted by Crippen LogP contribution is 2.48. The Morgan fingerprint density at radius 1 is 1.15 bits per heavy atom. The second kappa shape index (κ2) is 6.00. The predicted octanol–water partition coefficient (Wildman–Crippen LogP) is 5.58. The van der Waals surface area contributed by atoms with Gasteiger partial charge in [-0.05, 0) is 37.3 Å². The Hall–Kier alpha value is -2.57. The third kappa shape index (κ3) is 2.62. The number of thioether (sulfide) groups is 1. The fraction of sp³-hybridized carbons (Fsp3) is 0.105. The van der Waals surface area contributed by atoms with Crippen LogP contribution in [0.2, 0.25) is 5.02 Å². The minimum Gasteiger partial charge on any atom is -0.324 e. The van der Waals surface area contributed by atoms with Gasteiger partial charge in [0.2, 0.25) is 11.9 Å². The summed E-state index contributed by atoms with van der Waals surface area (Å²) in [6.45, 7) is 2.16. The van der Waals surface area contributed by atoms with Crippen molar-refractivity contribution in [3.05, 3.63) is 59.2 Å². The van der Waals surface area contributed by atoms with Crippen LogP contribution in [0, 0.1) is 0 Å². The van der Waals surface area contributed by atoms with E-state index in [2.05, 4.69) is 33.3 Å². The second-order valence-electron chi connectivity index (χ2n) is 6.13. The van der Waals surface area contributed by atoms with Crippen molar-refractivity contribution >= 4 is 46.3 Å². The number of benzene rings is 2. The zero-order valence-corrected chi connectivity index (χ0v) is 15.4. The summed E-state index contributed by atoms with van der Waals surface area (Å²) in [7, 11) is 0. The Morgan fingerprint density at radius 3 is 2.92 bits per heavy atom. The molecule has 2 N–H and O–H groups in total. The lowest BCUT2D eigenvalue weighted by Crippen LogP contribution is -2.07. The molecular weight excluding hydrogens is 366 g/mol. The number of imidazole rings is 1. The van der Waals surface area contributed by atoms with Crippen molar-refractivity contribution in [1.82, 2.24) is 19.9 Å². The zero-order valence-electron chi connectivity index (χ0n) is 13.8. The van der Waals surface area contributed by atoms with Crippen LogP contribution >= 0.6 is 23.4 Å². The van der Waals surface area contributed by atoms with Crippen LogP contribution in [-0.4, -0.2) is 19.9 Å². The average Bonchev–Trinajstić information content (AvgIpc) is 3.05. The number of aromatic amines is 1. The second-order valence-corrected chi connectivity index (χ2v) is 7.94. The first-order valence-corrected chi connectivity index (χ1v) is 9.48. The monoisotopic (exact) mass is 379 g/mol. The molecule has 1 aliphatic rings. The molecular formula is C19H14ClN5S. The summed E-state index contributed by atoms with van der Waals surface area (Å²) < 4.78 is 0. The topological polar surface area (TPSA) is 66.5 Å². The molecule has 5 nitrogen and oxygen atoms in total. The molecule has 0 bridgehead atoms. The molecule has 0 radical (unpaired) electrons. The Morgan fingerprint density at radius 2 is 2.04 bits per heavy atom. The standard InChI is InChI=1S/C19H14ClN5S/c1-10-13-9-21-18(25-19-22-14-4-2-3-5-15(14)23-19)24-17(13)12-8-11(20)6-7-16(12)26-10/h2-10H,1H3,(H2,21,22,23,24,25). The van der Waals surface area contributed by atoms with Gasteiger partial charge >= 0.3 is 0 Å². The minimum atomic E-state index is 0.291. The first-order chi connectivity index (χ1) is 12.7. The molecule has 4 aromatic rings. The summed E-state index contributed by atoms with van der Waals surface area (Å²) in [6.07, 6.45) is 1.88. The van der Waals surface area contributed by atoms with Gasteiger partial charge in [0.1, 0.15) is 0 Å². The predicted molar refractivity (Wildman–Crippen MR) is 106 cm³/mol. The van der Waals surface area contributed by atoms with Gasteiger partial charge in [-0.2, -0.15) is 0 Å². The molecule has 2 aromatic heterocycles. The van der Waals surface area contributed by atoms with Crippen LogP contribution in [0.1, 0.15) is 17.7 Å². The van der Waals surface area contributed by atoms with E-state index >= 15 is 0 Å². The summed E-state index contributed by atoms with van der Waals surface area (Å²) in [5.41, 5.74) is 4.94. The van der Waals surface area contributed by atoms with Gasteiger partial charge < -0.3 is 4.98 Å². The molecule has 0 fully saturated rings. The van der Waals surface area contributed by atoms with Crippen molar-refractivity contribution in [3.8, 4) is 11.3 Å². The highest BCUT2D eigenvalue weighted by molar-refractivity contribution is 7.99. The van der Waals surface area contributed by atoms with Crippen LogP contribution in [0.15, 0.2) is 53.6 Å². The van der Waals surface area contributed by atoms with Gasteiger partial charge in [-0.1, -0.05) is 23.7 Å². The summed E-state index contributed by atoms with van der Waals surface area (Å²) in [5.74, 6) is 1.13. The fourth-order valence-electron chi connectivity index (χ4n) is 3.13. The van der Waals surface area contributed by atoms with E-state index in [1.54, 1.807) is 11.8 Å². The maximum Gasteiger partial charge on any atom is 0.230 e. The number of nitrogens with one attached hydrogen (secondary N) is 2. The molecule has 128 valence electrons. The molecule has 26 heavy (non-hydrogen) atoms. The molecule has 3 heterocycles. The highest BCUT2D eigenvalue weighted by atomic mass is 35.5. The molecule has 0 saturated heterocycles. The molecule has 0 aliphatic carbocycles. The fourth-order valence-corrected chi connectivity index (χ4v) is 4.41. The van der Waals surface area contributed by atoms with Gasteiger partial charge in [-0.3, -0.25) is 5.32 Å². The van der Waals surface area contributed by atoms with Crippen molar-refractivity contribution < 1.29 is 0 Å². The molecule has 7 heteroatoms. The smallest absolute Gasteiger partial charge is 0.230 e. The Bertz CT molecular complexity index is 1110. The summed E-state index contributed by atoms with van der Waals surface area (Å²) in [4.78, 5) is 18.2. The largest absolute Gasteiger partial charge is 0.324 e. The van der Waals surface area contributed by atoms with Gasteiger partial charge in [-0.15, -0.1) is 11.8 Å². The molecule has 0 saturated carbocycles. The number of halogens is 1. The zero-order chi connectivity index (χ0) is 17.7. The Labute approximate surface area is 159 Å². The van der Waals surface area contributed by atoms with Gasteiger partial charge in [-0.25, -0.2) is 15.0 Å². The van der Waals surface area contributed by atoms with Gasteiger partial charge in [0.25, 0.3) is 0 Å². The van der Waals surface area contributed by atoms with Crippen LogP contribution in [0.4, 0.5) is 11.9 Å². The molecule has 1 unspecified atom stereocenters. The minimum absolute atomic E-state index is 0.291. The lowest BCUT2D eigenvalue weighted by Gasteiger charge is -2.23. The summed E-state index contributed by atoms with van der Waals surface area (Å²) in [5, 5.41) is 4.17. The third-order valence-electron chi connectivity index (χ3n) is 4.38. The van der Waals surface area contributed by atoms with Crippen LogP contribution in [0.3, 0.4) is 0 Å². The van der Waals surface area contributed by atoms with Crippen LogP contribution in [0.5, 0.6) is 0 Å². The van der Waals surface area contributed by atoms with Gasteiger partial charge in [0.15, 0.2) is 0 Å². The SMILES string of the molecule is CC1Sc2ccc(Cl)cc2-c2nc(Nc3nc4ccccc4[nH]3)ncc21. The van der Waals surface area contributed by atoms with Crippen molar-refractivity contribution in [2.24, 2.45) is 0 Å². The van der Waals surface area contributed by atoms with E-state index in [1.165, 1.54) is 4.90 Å². The molecule has 5 rings (SSSR count). The number of fused-ring (bicyclic) bond motifs is 4. The third-order valence-corrected chi connectivity index (χ3v) is 5.83. The van der Waals surface area contributed by atoms with Crippen molar-refractivity contribution in [2.75, 3.05) is 5.32 Å². The summed E-state index contributed by atoms with van der Waals surface area (Å²) >= 11 is 8.01. The maximum atomic E-state index is 6.21. The average molecular weight is 380 g/mol. The maximum absolute atomic E-state index is 6.21. The number of rotatable bonds is 2. The van der Waals surface area contributed by atoms with E-state index in [0.717, 1.165) is 27.9 Å². The van der Waals surface area contributed by atoms with Crippen LogP contribution < -0.4 is 5.32 Å². The van der Waals surface area contributed by atoms with Crippen LogP contribution in [-0.2, 0) is 0 Å². The Kier molecular flexibility index (Phi) is 3.62. The first kappa shape index (κ1) is 15.7. The molecule has 2 aromatic carbocycles. The molecule has 0 amide bonds. The lowest BCUT2D eigenvalue weighted by atomic mass is 10.0. The number of H-pyrrole nitrogens is 1. The highest BCUT2D eigenvalue weighted by Gasteiger charge is 2.25. The van der Waals surface area contributed by atoms with E-state index in [0.29, 0.717) is 22.2 Å². The number of anilines is 2. The van der Waals surface area contributed by atoms with Crippen molar-refractivity contribution in [1.29, 1.82) is 0 Å². The first-order valence-electron chi connectivity index (χ1n) is 8.23. The van der Waals surface area contributed by atoms with Gasteiger partial charge in [0.05, 0.1) is 16.7 Å². The van der Waals surface area contributed by atoms with Crippen molar-refractivity contribution in [2.45, 2.75) is 17.1 Å². The molecule has 1 atom stereocenters. The number of para-hydroxylation sites is 2. The quantitative estimate of drug-likeness (QED) is 0.475. The molecule has 0 spiro atoms. The van der Waals surface area contributed by atoms with E-state index in [-0.39, 0.29) is 0 Å². The normalized spacial score (nSPS) is 15.5. The van der Waals surface area contributed by atoms with E-state index in [9.17, 15) is 0 Å². The Balaban J connectivity index is 1.57. The number of hydrogen-bond donors (Lipinski definition) is 2. The van der Waals surface area contributed by atoms with Gasteiger partial charge in [0, 0.05) is 32.5 Å².